The zero-order valence-corrected chi connectivity index (χ0v) is 16.0. The maximum Gasteiger partial charge on any atom is 0.347 e. The first kappa shape index (κ1) is 19.9. The highest BCUT2D eigenvalue weighted by Gasteiger charge is 2.34. The standard InChI is InChI=1S/C20H27NO5/c1-12(2)16(19(24)26-15-10-11-25-18(15)23)21-17(22)13-6-8-14(9-7-13)20(3,4)5/h6-9,12,15-16H,10-11H2,1-5H3,(H,21,22)/t15-,16+/m1/s1. The van der Waals surface area contributed by atoms with Gasteiger partial charge in [0.25, 0.3) is 5.91 Å². The third-order valence-electron chi connectivity index (χ3n) is 4.37. The average molecular weight is 361 g/mol. The van der Waals surface area contributed by atoms with Crippen LogP contribution in [0.2, 0.25) is 0 Å². The van der Waals surface area contributed by atoms with Crippen LogP contribution in [0.1, 0.15) is 57.0 Å². The van der Waals surface area contributed by atoms with Crippen molar-refractivity contribution in [2.75, 3.05) is 6.61 Å². The molecule has 0 aliphatic carbocycles. The van der Waals surface area contributed by atoms with Crippen molar-refractivity contribution in [3.63, 3.8) is 0 Å². The second-order valence-corrected chi connectivity index (χ2v) is 7.90. The number of hydrogen-bond donors (Lipinski definition) is 1. The highest BCUT2D eigenvalue weighted by atomic mass is 16.6. The fourth-order valence-electron chi connectivity index (χ4n) is 2.64. The van der Waals surface area contributed by atoms with Gasteiger partial charge in [-0.3, -0.25) is 4.79 Å². The van der Waals surface area contributed by atoms with E-state index in [2.05, 4.69) is 26.1 Å². The lowest BCUT2D eigenvalue weighted by Crippen LogP contribution is -2.46. The zero-order valence-electron chi connectivity index (χ0n) is 16.0. The first-order chi connectivity index (χ1) is 12.1. The lowest BCUT2D eigenvalue weighted by molar-refractivity contribution is -0.162. The zero-order chi connectivity index (χ0) is 19.5. The van der Waals surface area contributed by atoms with Crippen molar-refractivity contribution in [3.05, 3.63) is 35.4 Å². The molecule has 0 aromatic heterocycles. The van der Waals surface area contributed by atoms with Gasteiger partial charge < -0.3 is 14.8 Å². The van der Waals surface area contributed by atoms with E-state index in [0.29, 0.717) is 12.0 Å². The molecule has 1 aromatic rings. The Hall–Kier alpha value is -2.37. The smallest absolute Gasteiger partial charge is 0.347 e. The van der Waals surface area contributed by atoms with Crippen LogP contribution in [0.4, 0.5) is 0 Å². The van der Waals surface area contributed by atoms with Crippen LogP contribution in [0.3, 0.4) is 0 Å². The minimum atomic E-state index is -0.883. The minimum Gasteiger partial charge on any atom is -0.463 e. The summed E-state index contributed by atoms with van der Waals surface area (Å²) in [6.45, 7) is 10.2. The molecule has 2 atom stereocenters. The largest absolute Gasteiger partial charge is 0.463 e. The molecular weight excluding hydrogens is 334 g/mol. The molecule has 1 aliphatic heterocycles. The number of ether oxygens (including phenoxy) is 2. The monoisotopic (exact) mass is 361 g/mol. The van der Waals surface area contributed by atoms with Gasteiger partial charge in [0.2, 0.25) is 6.10 Å². The molecule has 2 rings (SSSR count). The van der Waals surface area contributed by atoms with Crippen molar-refractivity contribution >= 4 is 17.8 Å². The van der Waals surface area contributed by atoms with Gasteiger partial charge in [0, 0.05) is 12.0 Å². The molecule has 0 unspecified atom stereocenters. The number of esters is 2. The van der Waals surface area contributed by atoms with E-state index in [0.717, 1.165) is 5.56 Å². The second kappa shape index (κ2) is 7.89. The van der Waals surface area contributed by atoms with E-state index in [1.807, 2.05) is 26.0 Å². The summed E-state index contributed by atoms with van der Waals surface area (Å²) in [5.41, 5.74) is 1.58. The molecule has 1 fully saturated rings. The number of benzene rings is 1. The first-order valence-electron chi connectivity index (χ1n) is 8.88. The van der Waals surface area contributed by atoms with Crippen molar-refractivity contribution in [1.29, 1.82) is 0 Å². The van der Waals surface area contributed by atoms with Crippen LogP contribution in [0.5, 0.6) is 0 Å². The van der Waals surface area contributed by atoms with Crippen molar-refractivity contribution in [1.82, 2.24) is 5.32 Å². The number of carbonyl (C=O) groups excluding carboxylic acids is 3. The SMILES string of the molecule is CC(C)[C@H](NC(=O)c1ccc(C(C)(C)C)cc1)C(=O)O[C@@H]1CCOC1=O. The summed E-state index contributed by atoms with van der Waals surface area (Å²) in [6, 6.07) is 6.47. The van der Waals surface area contributed by atoms with Crippen LogP contribution in [0.25, 0.3) is 0 Å². The maximum absolute atomic E-state index is 12.5. The van der Waals surface area contributed by atoms with Crippen LogP contribution in [0.15, 0.2) is 24.3 Å². The third-order valence-corrected chi connectivity index (χ3v) is 4.37. The first-order valence-corrected chi connectivity index (χ1v) is 8.88. The Balaban J connectivity index is 2.05. The molecular formula is C20H27NO5. The Labute approximate surface area is 154 Å². The van der Waals surface area contributed by atoms with E-state index in [9.17, 15) is 14.4 Å². The Morgan fingerprint density at radius 2 is 1.81 bits per heavy atom. The Morgan fingerprint density at radius 3 is 2.27 bits per heavy atom. The van der Waals surface area contributed by atoms with Gasteiger partial charge in [-0.2, -0.15) is 0 Å². The molecule has 1 aliphatic rings. The summed E-state index contributed by atoms with van der Waals surface area (Å²) >= 11 is 0. The number of cyclic esters (lactones) is 1. The van der Waals surface area contributed by atoms with Crippen molar-refractivity contribution < 1.29 is 23.9 Å². The van der Waals surface area contributed by atoms with E-state index in [4.69, 9.17) is 9.47 Å². The Morgan fingerprint density at radius 1 is 1.19 bits per heavy atom. The highest BCUT2D eigenvalue weighted by Crippen LogP contribution is 2.22. The predicted octanol–water partition coefficient (Wildman–Crippen LogP) is 2.60. The summed E-state index contributed by atoms with van der Waals surface area (Å²) in [5.74, 6) is -1.69. The van der Waals surface area contributed by atoms with Gasteiger partial charge in [0.15, 0.2) is 0 Å². The molecule has 0 radical (unpaired) electrons. The van der Waals surface area contributed by atoms with Crippen LogP contribution < -0.4 is 5.32 Å². The lowest BCUT2D eigenvalue weighted by Gasteiger charge is -2.22. The van der Waals surface area contributed by atoms with Crippen LogP contribution >= 0.6 is 0 Å². The number of rotatable bonds is 5. The molecule has 6 nitrogen and oxygen atoms in total. The van der Waals surface area contributed by atoms with Gasteiger partial charge in [-0.15, -0.1) is 0 Å². The molecule has 0 spiro atoms. The molecule has 0 saturated carbocycles. The van der Waals surface area contributed by atoms with Gasteiger partial charge in [0.1, 0.15) is 6.04 Å². The van der Waals surface area contributed by atoms with Crippen LogP contribution in [-0.2, 0) is 24.5 Å². The van der Waals surface area contributed by atoms with E-state index in [1.54, 1.807) is 12.1 Å². The number of carbonyl (C=O) groups is 3. The van der Waals surface area contributed by atoms with Crippen molar-refractivity contribution in [2.24, 2.45) is 5.92 Å². The van der Waals surface area contributed by atoms with Gasteiger partial charge in [-0.1, -0.05) is 46.8 Å². The molecule has 1 heterocycles. The molecule has 1 amide bonds. The number of nitrogens with one attached hydrogen (secondary N) is 1. The number of hydrogen-bond acceptors (Lipinski definition) is 5. The predicted molar refractivity (Wildman–Crippen MR) is 96.7 cm³/mol. The average Bonchev–Trinajstić information content (AvgIpc) is 2.96. The third kappa shape index (κ3) is 4.84. The van der Waals surface area contributed by atoms with E-state index >= 15 is 0 Å². The van der Waals surface area contributed by atoms with E-state index in [1.165, 1.54) is 0 Å². The molecule has 1 N–H and O–H groups in total. The second-order valence-electron chi connectivity index (χ2n) is 7.90. The van der Waals surface area contributed by atoms with Crippen molar-refractivity contribution in [2.45, 2.75) is 58.6 Å². The van der Waals surface area contributed by atoms with Gasteiger partial charge in [0.05, 0.1) is 6.61 Å². The van der Waals surface area contributed by atoms with Gasteiger partial charge in [-0.25, -0.2) is 9.59 Å². The molecule has 26 heavy (non-hydrogen) atoms. The molecule has 0 bridgehead atoms. The minimum absolute atomic E-state index is 0.00479. The van der Waals surface area contributed by atoms with E-state index in [-0.39, 0.29) is 23.8 Å². The Bertz CT molecular complexity index is 672. The van der Waals surface area contributed by atoms with E-state index < -0.39 is 24.1 Å². The normalized spacial score (nSPS) is 18.4. The highest BCUT2D eigenvalue weighted by molar-refractivity contribution is 5.97. The summed E-state index contributed by atoms with van der Waals surface area (Å²) in [7, 11) is 0. The lowest BCUT2D eigenvalue weighted by atomic mass is 9.86. The summed E-state index contributed by atoms with van der Waals surface area (Å²) in [4.78, 5) is 36.4. The number of amides is 1. The Kier molecular flexibility index (Phi) is 6.05. The summed E-state index contributed by atoms with van der Waals surface area (Å²) < 4.78 is 10.0. The maximum atomic E-state index is 12.5. The fourth-order valence-corrected chi connectivity index (χ4v) is 2.64. The van der Waals surface area contributed by atoms with Crippen molar-refractivity contribution in [3.8, 4) is 0 Å². The van der Waals surface area contributed by atoms with Gasteiger partial charge >= 0.3 is 11.9 Å². The summed E-state index contributed by atoms with van der Waals surface area (Å²) in [5, 5.41) is 2.71. The quantitative estimate of drug-likeness (QED) is 0.815. The van der Waals surface area contributed by atoms with Gasteiger partial charge in [-0.05, 0) is 29.0 Å². The summed E-state index contributed by atoms with van der Waals surface area (Å²) in [6.07, 6.45) is -0.538. The molecule has 142 valence electrons. The van der Waals surface area contributed by atoms with Crippen LogP contribution in [-0.4, -0.2) is 36.6 Å². The topological polar surface area (TPSA) is 81.7 Å². The molecule has 1 aromatic carbocycles. The molecule has 1 saturated heterocycles. The molecule has 6 heteroatoms. The fraction of sp³-hybridized carbons (Fsp3) is 0.550. The van der Waals surface area contributed by atoms with Crippen LogP contribution in [0, 0.1) is 5.92 Å².